The molecule has 0 saturated heterocycles. The minimum atomic E-state index is -0.252. The van der Waals surface area contributed by atoms with Crippen LogP contribution in [0.2, 0.25) is 0 Å². The molecule has 0 aromatic heterocycles. The van der Waals surface area contributed by atoms with E-state index in [2.05, 4.69) is 13.0 Å². The predicted octanol–water partition coefficient (Wildman–Crippen LogP) is 4.99. The first-order chi connectivity index (χ1) is 15.6. The Hall–Kier alpha value is -1.85. The SMILES string of the molecule is CC(=O)OCC12CC=C3C(CCC4CC(OC(C)=O)CCC34C)C1CCC2C(C)OC(C)=O. The molecule has 4 aliphatic rings. The van der Waals surface area contributed by atoms with E-state index in [1.165, 1.54) is 20.8 Å². The first-order valence-corrected chi connectivity index (χ1v) is 12.7. The van der Waals surface area contributed by atoms with Crippen molar-refractivity contribution in [3.63, 3.8) is 0 Å². The number of allylic oxidation sites excluding steroid dienone is 2. The van der Waals surface area contributed by atoms with E-state index in [0.717, 1.165) is 51.4 Å². The molecule has 0 N–H and O–H groups in total. The summed E-state index contributed by atoms with van der Waals surface area (Å²) in [6, 6.07) is 0. The van der Waals surface area contributed by atoms with E-state index in [4.69, 9.17) is 14.2 Å². The molecule has 0 aromatic rings. The Balaban J connectivity index is 1.62. The highest BCUT2D eigenvalue weighted by Crippen LogP contribution is 2.66. The molecule has 4 aliphatic carbocycles. The van der Waals surface area contributed by atoms with E-state index in [1.54, 1.807) is 5.57 Å². The lowest BCUT2D eigenvalue weighted by Gasteiger charge is -2.57. The van der Waals surface area contributed by atoms with Gasteiger partial charge in [-0.05, 0) is 81.5 Å². The molecule has 8 unspecified atom stereocenters. The van der Waals surface area contributed by atoms with Gasteiger partial charge in [-0.15, -0.1) is 0 Å². The lowest BCUT2D eigenvalue weighted by atomic mass is 9.48. The second-order valence-electron chi connectivity index (χ2n) is 11.3. The topological polar surface area (TPSA) is 78.9 Å². The molecule has 3 fully saturated rings. The van der Waals surface area contributed by atoms with Crippen molar-refractivity contribution < 1.29 is 28.6 Å². The number of ether oxygens (including phenoxy) is 3. The normalized spacial score (nSPS) is 40.4. The minimum Gasteiger partial charge on any atom is -0.465 e. The number of carbonyl (C=O) groups is 3. The molecule has 6 heteroatoms. The van der Waals surface area contributed by atoms with Gasteiger partial charge in [0.25, 0.3) is 0 Å². The van der Waals surface area contributed by atoms with Gasteiger partial charge >= 0.3 is 17.9 Å². The number of hydrogen-bond donors (Lipinski definition) is 0. The number of esters is 3. The van der Waals surface area contributed by atoms with Gasteiger partial charge in [-0.2, -0.15) is 0 Å². The molecule has 0 heterocycles. The van der Waals surface area contributed by atoms with E-state index in [1.807, 2.05) is 6.92 Å². The Kier molecular flexibility index (Phi) is 6.67. The highest BCUT2D eigenvalue weighted by molar-refractivity contribution is 5.66. The number of hydrogen-bond acceptors (Lipinski definition) is 6. The maximum absolute atomic E-state index is 11.8. The molecule has 8 atom stereocenters. The quantitative estimate of drug-likeness (QED) is 0.327. The van der Waals surface area contributed by atoms with Gasteiger partial charge in [-0.1, -0.05) is 18.6 Å². The summed E-state index contributed by atoms with van der Waals surface area (Å²) in [5.74, 6) is 0.967. The molecule has 0 aliphatic heterocycles. The molecule has 3 saturated carbocycles. The van der Waals surface area contributed by atoms with Crippen LogP contribution >= 0.6 is 0 Å². The fraction of sp³-hybridized carbons (Fsp3) is 0.815. The van der Waals surface area contributed by atoms with Gasteiger partial charge in [0.2, 0.25) is 0 Å². The zero-order chi connectivity index (χ0) is 24.0. The summed E-state index contributed by atoms with van der Waals surface area (Å²) < 4.78 is 16.9. The predicted molar refractivity (Wildman–Crippen MR) is 123 cm³/mol. The number of rotatable bonds is 5. The standard InChI is InChI=1S/C27H40O6/c1-16(32-18(3)29)23-8-9-25-22-7-6-20-14-21(33-19(4)30)10-12-26(20,5)24(22)11-13-27(23,25)15-31-17(2)28/h11,16,20-23,25H,6-10,12-15H2,1-5H3. The van der Waals surface area contributed by atoms with E-state index >= 15 is 0 Å². The Morgan fingerprint density at radius 1 is 1.03 bits per heavy atom. The van der Waals surface area contributed by atoms with E-state index in [0.29, 0.717) is 24.4 Å². The van der Waals surface area contributed by atoms with Crippen LogP contribution in [0.3, 0.4) is 0 Å². The third-order valence-electron chi connectivity index (χ3n) is 9.57. The van der Waals surface area contributed by atoms with Crippen molar-refractivity contribution in [3.8, 4) is 0 Å². The summed E-state index contributed by atoms with van der Waals surface area (Å²) in [5.41, 5.74) is 1.56. The van der Waals surface area contributed by atoms with Gasteiger partial charge in [-0.25, -0.2) is 0 Å². The highest BCUT2D eigenvalue weighted by atomic mass is 16.5. The molecule has 0 amide bonds. The second-order valence-corrected chi connectivity index (χ2v) is 11.3. The fourth-order valence-corrected chi connectivity index (χ4v) is 8.25. The molecule has 184 valence electrons. The lowest BCUT2D eigenvalue weighted by molar-refractivity contribution is -0.159. The third-order valence-corrected chi connectivity index (χ3v) is 9.57. The maximum Gasteiger partial charge on any atom is 0.302 e. The van der Waals surface area contributed by atoms with E-state index < -0.39 is 0 Å². The first kappa shape index (κ1) is 24.3. The van der Waals surface area contributed by atoms with Crippen LogP contribution in [-0.4, -0.2) is 36.7 Å². The largest absolute Gasteiger partial charge is 0.465 e. The van der Waals surface area contributed by atoms with E-state index in [9.17, 15) is 14.4 Å². The van der Waals surface area contributed by atoms with Crippen LogP contribution in [0.4, 0.5) is 0 Å². The summed E-state index contributed by atoms with van der Waals surface area (Å²) in [7, 11) is 0. The third kappa shape index (κ3) is 4.35. The van der Waals surface area contributed by atoms with Crippen molar-refractivity contribution in [2.24, 2.45) is 34.5 Å². The van der Waals surface area contributed by atoms with Crippen molar-refractivity contribution in [2.75, 3.05) is 6.61 Å². The summed E-state index contributed by atoms with van der Waals surface area (Å²) in [4.78, 5) is 35.0. The fourth-order valence-electron chi connectivity index (χ4n) is 8.25. The van der Waals surface area contributed by atoms with Gasteiger partial charge in [0, 0.05) is 32.1 Å². The van der Waals surface area contributed by atoms with Crippen LogP contribution in [0.1, 0.15) is 86.0 Å². The Morgan fingerprint density at radius 3 is 2.45 bits per heavy atom. The molecule has 0 spiro atoms. The Morgan fingerprint density at radius 2 is 1.79 bits per heavy atom. The van der Waals surface area contributed by atoms with Crippen molar-refractivity contribution in [3.05, 3.63) is 11.6 Å². The Bertz CT molecular complexity index is 832. The Labute approximate surface area is 197 Å². The van der Waals surface area contributed by atoms with Crippen molar-refractivity contribution in [2.45, 2.75) is 98.2 Å². The molecule has 33 heavy (non-hydrogen) atoms. The van der Waals surface area contributed by atoms with Crippen LogP contribution in [0, 0.1) is 34.5 Å². The molecule has 0 bridgehead atoms. The van der Waals surface area contributed by atoms with Crippen LogP contribution in [0.25, 0.3) is 0 Å². The van der Waals surface area contributed by atoms with Crippen molar-refractivity contribution in [1.29, 1.82) is 0 Å². The zero-order valence-electron chi connectivity index (χ0n) is 20.9. The first-order valence-electron chi connectivity index (χ1n) is 12.7. The molecule has 0 radical (unpaired) electrons. The molecule has 4 rings (SSSR count). The minimum absolute atomic E-state index is 0.0461. The van der Waals surface area contributed by atoms with E-state index in [-0.39, 0.29) is 46.9 Å². The molecule has 0 aromatic carbocycles. The van der Waals surface area contributed by atoms with Crippen molar-refractivity contribution >= 4 is 17.9 Å². The van der Waals surface area contributed by atoms with Crippen LogP contribution in [0.5, 0.6) is 0 Å². The molecular formula is C27H40O6. The molecule has 6 nitrogen and oxygen atoms in total. The lowest BCUT2D eigenvalue weighted by Crippen LogP contribution is -2.52. The summed E-state index contributed by atoms with van der Waals surface area (Å²) in [6.07, 6.45) is 10.4. The number of fused-ring (bicyclic) bond motifs is 5. The van der Waals surface area contributed by atoms with Gasteiger partial charge in [0.05, 0.1) is 6.61 Å². The van der Waals surface area contributed by atoms with Crippen LogP contribution in [-0.2, 0) is 28.6 Å². The van der Waals surface area contributed by atoms with Gasteiger partial charge in [0.1, 0.15) is 12.2 Å². The van der Waals surface area contributed by atoms with Crippen molar-refractivity contribution in [1.82, 2.24) is 0 Å². The number of carbonyl (C=O) groups excluding carboxylic acids is 3. The van der Waals surface area contributed by atoms with Gasteiger partial charge in [-0.3, -0.25) is 14.4 Å². The van der Waals surface area contributed by atoms with Crippen LogP contribution in [0.15, 0.2) is 11.6 Å². The summed E-state index contributed by atoms with van der Waals surface area (Å²) >= 11 is 0. The van der Waals surface area contributed by atoms with Crippen LogP contribution < -0.4 is 0 Å². The smallest absolute Gasteiger partial charge is 0.302 e. The monoisotopic (exact) mass is 460 g/mol. The maximum atomic E-state index is 11.8. The summed E-state index contributed by atoms with van der Waals surface area (Å²) in [6.45, 7) is 9.27. The highest BCUT2D eigenvalue weighted by Gasteiger charge is 2.60. The average molecular weight is 461 g/mol. The van der Waals surface area contributed by atoms with Gasteiger partial charge < -0.3 is 14.2 Å². The second kappa shape index (κ2) is 9.07. The van der Waals surface area contributed by atoms with Gasteiger partial charge in [0.15, 0.2) is 0 Å². The average Bonchev–Trinajstić information content (AvgIpc) is 3.12. The molecular weight excluding hydrogens is 420 g/mol. The zero-order valence-corrected chi connectivity index (χ0v) is 20.9. The summed E-state index contributed by atoms with van der Waals surface area (Å²) in [5, 5.41) is 0.